The number of hydrogen-bond acceptors (Lipinski definition) is 4. The molecule has 11 heteroatoms. The lowest BCUT2D eigenvalue weighted by Gasteiger charge is -2.40. The molecule has 0 radical (unpaired) electrons. The van der Waals surface area contributed by atoms with Gasteiger partial charge in [-0.2, -0.15) is 0 Å². The molecule has 4 aromatic rings. The van der Waals surface area contributed by atoms with Gasteiger partial charge in [-0.15, -0.1) is 0 Å². The Morgan fingerprint density at radius 1 is 1.00 bits per heavy atom. The summed E-state index contributed by atoms with van der Waals surface area (Å²) in [6, 6.07) is 21.5. The first-order chi connectivity index (χ1) is 19.8. The summed E-state index contributed by atoms with van der Waals surface area (Å²) in [4.78, 5) is 28.6. The van der Waals surface area contributed by atoms with Gasteiger partial charge in [0.1, 0.15) is 10.6 Å². The van der Waals surface area contributed by atoms with E-state index in [0.717, 1.165) is 21.6 Å². The predicted octanol–water partition coefficient (Wildman–Crippen LogP) is 5.92. The van der Waals surface area contributed by atoms with Crippen LogP contribution in [0.5, 0.6) is 0 Å². The number of benzene rings is 3. The minimum absolute atomic E-state index is 0.00240. The smallest absolute Gasteiger partial charge is 0.296 e. The third-order valence-electron chi connectivity index (χ3n) is 8.35. The number of carbonyl (C=O) groups is 1. The lowest BCUT2D eigenvalue weighted by atomic mass is 9.74. The Morgan fingerprint density at radius 2 is 1.62 bits per heavy atom. The van der Waals surface area contributed by atoms with Crippen LogP contribution in [-0.4, -0.2) is 48.7 Å². The summed E-state index contributed by atoms with van der Waals surface area (Å²) < 4.78 is 32.8. The van der Waals surface area contributed by atoms with E-state index in [0.29, 0.717) is 24.5 Å². The molecule has 42 heavy (non-hydrogen) atoms. The number of carbonyl (C=O) groups excluding carboxylic acids is 1. The van der Waals surface area contributed by atoms with Crippen molar-refractivity contribution >= 4 is 49.1 Å². The molecule has 0 aliphatic carbocycles. The number of aromatic nitrogens is 2. The lowest BCUT2D eigenvalue weighted by molar-refractivity contribution is 0.0676. The van der Waals surface area contributed by atoms with Gasteiger partial charge < -0.3 is 4.90 Å². The highest BCUT2D eigenvalue weighted by atomic mass is 79.9. The van der Waals surface area contributed by atoms with E-state index in [1.165, 1.54) is 29.4 Å². The van der Waals surface area contributed by atoms with Crippen molar-refractivity contribution in [3.63, 3.8) is 0 Å². The monoisotopic (exact) mass is 670 g/mol. The first-order valence-electron chi connectivity index (χ1n) is 13.5. The number of sulfonamides is 1. The van der Waals surface area contributed by atoms with Crippen LogP contribution >= 0.6 is 27.5 Å². The molecule has 2 heterocycles. The molecule has 0 spiro atoms. The maximum atomic E-state index is 13.9. The largest absolute Gasteiger partial charge is 0.339 e. The summed E-state index contributed by atoms with van der Waals surface area (Å²) >= 11 is 9.89. The van der Waals surface area contributed by atoms with Crippen LogP contribution in [0.2, 0.25) is 5.02 Å². The van der Waals surface area contributed by atoms with Crippen LogP contribution in [-0.2, 0) is 22.5 Å². The Hall–Kier alpha value is -3.34. The van der Waals surface area contributed by atoms with E-state index in [1.54, 1.807) is 53.9 Å². The Bertz CT molecular complexity index is 1810. The van der Waals surface area contributed by atoms with Gasteiger partial charge in [-0.25, -0.2) is 13.1 Å². The number of hydrogen-bond donors (Lipinski definition) is 0. The van der Waals surface area contributed by atoms with E-state index in [4.69, 9.17) is 11.6 Å². The molecular formula is C31H32BrClN4O4S. The molecule has 0 bridgehead atoms. The number of piperidine rings is 1. The van der Waals surface area contributed by atoms with Crippen molar-refractivity contribution in [2.75, 3.05) is 24.4 Å². The molecule has 1 aliphatic rings. The Kier molecular flexibility index (Phi) is 8.17. The molecule has 1 fully saturated rings. The second-order valence-electron chi connectivity index (χ2n) is 10.9. The van der Waals surface area contributed by atoms with Crippen LogP contribution < -0.4 is 9.86 Å². The molecule has 1 amide bonds. The Morgan fingerprint density at radius 3 is 2.24 bits per heavy atom. The number of halogens is 2. The number of nitrogens with zero attached hydrogens (tertiary/aromatic N) is 4. The molecule has 1 saturated heterocycles. The maximum absolute atomic E-state index is 13.9. The number of likely N-dealkylation sites (tertiary alicyclic amines) is 1. The first kappa shape index (κ1) is 30.1. The second kappa shape index (κ2) is 11.4. The highest BCUT2D eigenvalue weighted by Crippen LogP contribution is 2.36. The van der Waals surface area contributed by atoms with Crippen molar-refractivity contribution in [3.05, 3.63) is 109 Å². The summed E-state index contributed by atoms with van der Waals surface area (Å²) in [6.45, 7) is 4.97. The maximum Gasteiger partial charge on any atom is 0.296 e. The van der Waals surface area contributed by atoms with E-state index >= 15 is 0 Å². The summed E-state index contributed by atoms with van der Waals surface area (Å²) in [5.41, 5.74) is 1.96. The van der Waals surface area contributed by atoms with Crippen LogP contribution in [0.25, 0.3) is 5.69 Å². The quantitative estimate of drug-likeness (QED) is 0.255. The number of amides is 1. The number of anilines is 1. The van der Waals surface area contributed by atoms with E-state index in [2.05, 4.69) is 35.0 Å². The summed E-state index contributed by atoms with van der Waals surface area (Å²) in [5.74, 6) is -0.258. The van der Waals surface area contributed by atoms with Crippen molar-refractivity contribution in [1.82, 2.24) is 14.3 Å². The van der Waals surface area contributed by atoms with Crippen molar-refractivity contribution in [3.8, 4) is 5.69 Å². The SMILES string of the molecule is Cc1c(N(C)S(=O)(=O)c2cc(C(=O)N3CCC(C)(c4ccc(Br)cc4)CC3)ccc2Cl)c(=O)n(-c2ccccc2)n1C. The standard InChI is InChI=1S/C31H32BrClN4O4S/c1-21-28(30(39)37(34(21)3)25-8-6-5-7-9-25)35(4)42(40,41)27-20-22(10-15-26(27)33)29(38)36-18-16-31(2,17-19-36)23-11-13-24(32)14-12-23/h5-15,20H,16-19H2,1-4H3. The fraction of sp³-hybridized carbons (Fsp3) is 0.290. The van der Waals surface area contributed by atoms with E-state index in [1.807, 2.05) is 18.2 Å². The zero-order chi connectivity index (χ0) is 30.4. The molecule has 8 nitrogen and oxygen atoms in total. The molecule has 0 atom stereocenters. The van der Waals surface area contributed by atoms with Gasteiger partial charge in [-0.3, -0.25) is 18.6 Å². The van der Waals surface area contributed by atoms with Crippen molar-refractivity contribution in [2.45, 2.75) is 37.0 Å². The highest BCUT2D eigenvalue weighted by Gasteiger charge is 2.35. The highest BCUT2D eigenvalue weighted by molar-refractivity contribution is 9.10. The Balaban J connectivity index is 1.42. The molecule has 220 valence electrons. The second-order valence-corrected chi connectivity index (χ2v) is 14.1. The van der Waals surface area contributed by atoms with Crippen LogP contribution in [0.15, 0.2) is 87.0 Å². The normalized spacial score (nSPS) is 15.0. The average molecular weight is 672 g/mol. The molecule has 1 aliphatic heterocycles. The van der Waals surface area contributed by atoms with Gasteiger partial charge in [0.2, 0.25) is 0 Å². The lowest BCUT2D eigenvalue weighted by Crippen LogP contribution is -2.44. The molecule has 0 saturated carbocycles. The van der Waals surface area contributed by atoms with Crippen LogP contribution in [0.3, 0.4) is 0 Å². The molecule has 3 aromatic carbocycles. The van der Waals surface area contributed by atoms with Crippen molar-refractivity contribution in [1.29, 1.82) is 0 Å². The minimum Gasteiger partial charge on any atom is -0.339 e. The van der Waals surface area contributed by atoms with E-state index in [-0.39, 0.29) is 32.5 Å². The van der Waals surface area contributed by atoms with Crippen molar-refractivity contribution in [2.24, 2.45) is 7.05 Å². The summed E-state index contributed by atoms with van der Waals surface area (Å²) in [7, 11) is -1.28. The summed E-state index contributed by atoms with van der Waals surface area (Å²) in [6.07, 6.45) is 1.56. The average Bonchev–Trinajstić information content (AvgIpc) is 3.20. The molecule has 1 aromatic heterocycles. The predicted molar refractivity (Wildman–Crippen MR) is 169 cm³/mol. The third kappa shape index (κ3) is 5.31. The number of para-hydroxylation sites is 1. The van der Waals surface area contributed by atoms with Crippen molar-refractivity contribution < 1.29 is 13.2 Å². The zero-order valence-electron chi connectivity index (χ0n) is 23.8. The van der Waals surface area contributed by atoms with Gasteiger partial charge >= 0.3 is 0 Å². The molecular weight excluding hydrogens is 640 g/mol. The van der Waals surface area contributed by atoms with Gasteiger partial charge in [-0.05, 0) is 73.2 Å². The van der Waals surface area contributed by atoms with Gasteiger partial charge in [0.05, 0.1) is 16.4 Å². The van der Waals surface area contributed by atoms with Crippen LogP contribution in [0.4, 0.5) is 5.69 Å². The van der Waals surface area contributed by atoms with Gasteiger partial charge in [0.25, 0.3) is 21.5 Å². The van der Waals surface area contributed by atoms with Gasteiger partial charge in [-0.1, -0.05) is 64.8 Å². The van der Waals surface area contributed by atoms with Crippen LogP contribution in [0.1, 0.15) is 41.4 Å². The minimum atomic E-state index is -4.30. The number of rotatable bonds is 6. The fourth-order valence-corrected chi connectivity index (χ4v) is 7.56. The van der Waals surface area contributed by atoms with Gasteiger partial charge in [0.15, 0.2) is 0 Å². The Labute approximate surface area is 259 Å². The molecule has 0 unspecified atom stereocenters. The fourth-order valence-electron chi connectivity index (χ4n) is 5.55. The van der Waals surface area contributed by atoms with Gasteiger partial charge in [0, 0.05) is 37.2 Å². The molecule has 0 N–H and O–H groups in total. The topological polar surface area (TPSA) is 84.6 Å². The summed E-state index contributed by atoms with van der Waals surface area (Å²) in [5, 5.41) is -0.0307. The first-order valence-corrected chi connectivity index (χ1v) is 16.1. The van der Waals surface area contributed by atoms with Crippen LogP contribution in [0, 0.1) is 6.92 Å². The van der Waals surface area contributed by atoms with E-state index < -0.39 is 15.6 Å². The van der Waals surface area contributed by atoms with E-state index in [9.17, 15) is 18.0 Å². The zero-order valence-corrected chi connectivity index (χ0v) is 27.0. The third-order valence-corrected chi connectivity index (χ3v) is 11.1. The molecule has 5 rings (SSSR count).